The summed E-state index contributed by atoms with van der Waals surface area (Å²) in [5, 5.41) is 0. The van der Waals surface area contributed by atoms with E-state index in [9.17, 15) is 4.79 Å². The number of carbonyl (C=O) groups excluding carboxylic acids is 1. The lowest BCUT2D eigenvalue weighted by atomic mass is 10.0. The van der Waals surface area contributed by atoms with Gasteiger partial charge in [-0.2, -0.15) is 0 Å². The van der Waals surface area contributed by atoms with Crippen molar-refractivity contribution in [1.82, 2.24) is 0 Å². The number of hydrogen-bond acceptors (Lipinski definition) is 2. The van der Waals surface area contributed by atoms with Crippen LogP contribution < -0.4 is 4.90 Å². The van der Waals surface area contributed by atoms with Gasteiger partial charge in [0.2, 0.25) is 0 Å². The molecule has 0 atom stereocenters. The molecule has 0 saturated carbocycles. The van der Waals surface area contributed by atoms with E-state index in [0.717, 1.165) is 10.2 Å². The average Bonchev–Trinajstić information content (AvgIpc) is 2.41. The van der Waals surface area contributed by atoms with Crippen LogP contribution in [0.25, 0.3) is 0 Å². The van der Waals surface area contributed by atoms with Gasteiger partial charge in [-0.25, -0.2) is 0 Å². The van der Waals surface area contributed by atoms with E-state index in [1.165, 1.54) is 0 Å². The normalized spacial score (nSPS) is 19.7. The summed E-state index contributed by atoms with van der Waals surface area (Å²) < 4.78 is 1.06. The van der Waals surface area contributed by atoms with E-state index in [1.54, 1.807) is 0 Å². The van der Waals surface area contributed by atoms with Gasteiger partial charge in [-0.15, -0.1) is 0 Å². The third kappa shape index (κ3) is 2.07. The Hall–Kier alpha value is -0.830. The summed E-state index contributed by atoms with van der Waals surface area (Å²) in [5.74, 6) is 0.322. The smallest absolute Gasteiger partial charge is 0.154 e. The Morgan fingerprint density at radius 1 is 1.27 bits per heavy atom. The molecule has 1 heterocycles. The number of anilines is 1. The molecule has 1 aliphatic rings. The summed E-state index contributed by atoms with van der Waals surface area (Å²) in [6.45, 7) is 4.76. The number of nitrogens with zero attached hydrogens (tertiary/aromatic N) is 1. The van der Waals surface area contributed by atoms with Gasteiger partial charge >= 0.3 is 0 Å². The Kier molecular flexibility index (Phi) is 2.59. The van der Waals surface area contributed by atoms with Crippen LogP contribution in [-0.4, -0.2) is 17.9 Å². The molecule has 0 N–H and O–H groups in total. The fraction of sp³-hybridized carbons (Fsp3) is 0.417. The highest BCUT2D eigenvalue weighted by Gasteiger charge is 2.37. The van der Waals surface area contributed by atoms with Gasteiger partial charge in [-0.3, -0.25) is 4.79 Å². The van der Waals surface area contributed by atoms with Gasteiger partial charge in [0.05, 0.1) is 6.54 Å². The van der Waals surface area contributed by atoms with Crippen molar-refractivity contribution in [2.24, 2.45) is 0 Å². The molecule has 1 aromatic carbocycles. The van der Waals surface area contributed by atoms with Crippen molar-refractivity contribution in [3.8, 4) is 0 Å². The minimum absolute atomic E-state index is 0.0507. The second-order valence-corrected chi connectivity index (χ2v) is 5.51. The first-order chi connectivity index (χ1) is 6.99. The summed E-state index contributed by atoms with van der Waals surface area (Å²) in [6.07, 6.45) is 0.642. The summed E-state index contributed by atoms with van der Waals surface area (Å²) in [5.41, 5.74) is 1.07. The van der Waals surface area contributed by atoms with E-state index in [1.807, 2.05) is 24.3 Å². The molecule has 3 heteroatoms. The summed E-state index contributed by atoms with van der Waals surface area (Å²) in [4.78, 5) is 13.6. The van der Waals surface area contributed by atoms with Gasteiger partial charge in [0.25, 0.3) is 0 Å². The van der Waals surface area contributed by atoms with Crippen LogP contribution in [0.4, 0.5) is 5.69 Å². The predicted molar refractivity (Wildman–Crippen MR) is 65.2 cm³/mol. The SMILES string of the molecule is CC1(C)CC(=O)CN1c1ccc(Br)cc1. The number of rotatable bonds is 1. The van der Waals surface area contributed by atoms with Gasteiger partial charge in [-0.05, 0) is 38.1 Å². The number of halogens is 1. The number of ketones is 1. The molecular formula is C12H14BrNO. The second kappa shape index (κ2) is 3.63. The van der Waals surface area contributed by atoms with Crippen LogP contribution >= 0.6 is 15.9 Å². The molecule has 0 aliphatic carbocycles. The van der Waals surface area contributed by atoms with Crippen molar-refractivity contribution >= 4 is 27.4 Å². The summed E-state index contributed by atoms with van der Waals surface area (Å²) in [6, 6.07) is 8.11. The van der Waals surface area contributed by atoms with E-state index in [2.05, 4.69) is 34.7 Å². The van der Waals surface area contributed by atoms with Gasteiger partial charge in [-0.1, -0.05) is 15.9 Å². The Bertz CT molecular complexity index is 383. The van der Waals surface area contributed by atoms with Crippen LogP contribution in [0.3, 0.4) is 0 Å². The molecule has 0 radical (unpaired) electrons. The van der Waals surface area contributed by atoms with Crippen LogP contribution in [0.5, 0.6) is 0 Å². The lowest BCUT2D eigenvalue weighted by Crippen LogP contribution is -2.38. The molecular weight excluding hydrogens is 254 g/mol. The zero-order valence-corrected chi connectivity index (χ0v) is 10.5. The minimum Gasteiger partial charge on any atom is -0.359 e. The first-order valence-electron chi connectivity index (χ1n) is 5.04. The number of Topliss-reactive ketones (excluding diaryl/α,β-unsaturated/α-hetero) is 1. The monoisotopic (exact) mass is 267 g/mol. The van der Waals surface area contributed by atoms with Gasteiger partial charge < -0.3 is 4.90 Å². The Labute approximate surface area is 98.4 Å². The highest BCUT2D eigenvalue weighted by Crippen LogP contribution is 2.32. The molecule has 0 spiro atoms. The van der Waals surface area contributed by atoms with Crippen molar-refractivity contribution in [3.05, 3.63) is 28.7 Å². The molecule has 1 aliphatic heterocycles. The van der Waals surface area contributed by atoms with Crippen molar-refractivity contribution in [2.45, 2.75) is 25.8 Å². The molecule has 80 valence electrons. The second-order valence-electron chi connectivity index (χ2n) is 4.59. The maximum absolute atomic E-state index is 11.5. The molecule has 1 saturated heterocycles. The zero-order valence-electron chi connectivity index (χ0n) is 8.96. The number of benzene rings is 1. The first kappa shape index (κ1) is 10.7. The molecule has 15 heavy (non-hydrogen) atoms. The van der Waals surface area contributed by atoms with E-state index in [4.69, 9.17) is 0 Å². The standard InChI is InChI=1S/C12H14BrNO/c1-12(2)7-11(15)8-14(12)10-5-3-9(13)4-6-10/h3-6H,7-8H2,1-2H3. The highest BCUT2D eigenvalue weighted by molar-refractivity contribution is 9.10. The number of carbonyl (C=O) groups is 1. The van der Waals surface area contributed by atoms with Gasteiger partial charge in [0, 0.05) is 22.1 Å². The molecule has 0 amide bonds. The third-order valence-corrected chi connectivity index (χ3v) is 3.36. The largest absolute Gasteiger partial charge is 0.359 e. The fourth-order valence-corrected chi connectivity index (χ4v) is 2.35. The minimum atomic E-state index is -0.0507. The highest BCUT2D eigenvalue weighted by atomic mass is 79.9. The zero-order chi connectivity index (χ0) is 11.1. The van der Waals surface area contributed by atoms with E-state index < -0.39 is 0 Å². The topological polar surface area (TPSA) is 20.3 Å². The van der Waals surface area contributed by atoms with Gasteiger partial charge in [0.15, 0.2) is 5.78 Å². The van der Waals surface area contributed by atoms with E-state index >= 15 is 0 Å². The van der Waals surface area contributed by atoms with Crippen LogP contribution in [0.2, 0.25) is 0 Å². The lowest BCUT2D eigenvalue weighted by molar-refractivity contribution is -0.116. The van der Waals surface area contributed by atoms with Crippen molar-refractivity contribution < 1.29 is 4.79 Å². The molecule has 0 bridgehead atoms. The van der Waals surface area contributed by atoms with Gasteiger partial charge in [0.1, 0.15) is 0 Å². The average molecular weight is 268 g/mol. The molecule has 0 aromatic heterocycles. The molecule has 2 rings (SSSR count). The van der Waals surface area contributed by atoms with Crippen molar-refractivity contribution in [3.63, 3.8) is 0 Å². The van der Waals surface area contributed by atoms with Crippen LogP contribution in [0.1, 0.15) is 20.3 Å². The first-order valence-corrected chi connectivity index (χ1v) is 5.83. The van der Waals surface area contributed by atoms with E-state index in [0.29, 0.717) is 18.7 Å². The molecule has 1 fully saturated rings. The summed E-state index contributed by atoms with van der Waals surface area (Å²) >= 11 is 3.41. The Morgan fingerprint density at radius 2 is 1.87 bits per heavy atom. The number of hydrogen-bond donors (Lipinski definition) is 0. The molecule has 0 unspecified atom stereocenters. The van der Waals surface area contributed by atoms with Crippen molar-refractivity contribution in [1.29, 1.82) is 0 Å². The van der Waals surface area contributed by atoms with E-state index in [-0.39, 0.29) is 5.54 Å². The Balaban J connectivity index is 2.31. The molecule has 2 nitrogen and oxygen atoms in total. The summed E-state index contributed by atoms with van der Waals surface area (Å²) in [7, 11) is 0. The Morgan fingerprint density at radius 3 is 2.33 bits per heavy atom. The maximum atomic E-state index is 11.5. The van der Waals surface area contributed by atoms with Crippen LogP contribution in [-0.2, 0) is 4.79 Å². The molecule has 1 aromatic rings. The lowest BCUT2D eigenvalue weighted by Gasteiger charge is -2.32. The predicted octanol–water partition coefficient (Wildman–Crippen LogP) is 3.01. The quantitative estimate of drug-likeness (QED) is 0.780. The van der Waals surface area contributed by atoms with Crippen LogP contribution in [0, 0.1) is 0 Å². The fourth-order valence-electron chi connectivity index (χ4n) is 2.09. The van der Waals surface area contributed by atoms with Crippen molar-refractivity contribution in [2.75, 3.05) is 11.4 Å². The maximum Gasteiger partial charge on any atom is 0.154 e. The third-order valence-electron chi connectivity index (χ3n) is 2.83. The van der Waals surface area contributed by atoms with Crippen LogP contribution in [0.15, 0.2) is 28.7 Å².